The molecule has 3 heterocycles. The predicted octanol–water partition coefficient (Wildman–Crippen LogP) is 2.26. The van der Waals surface area contributed by atoms with Crippen LogP contribution in [0.2, 0.25) is 0 Å². The number of fused-ring (bicyclic) bond motifs is 2. The summed E-state index contributed by atoms with van der Waals surface area (Å²) in [6.45, 7) is 0.187. The number of nitrogens with zero attached hydrogens (tertiary/aromatic N) is 3. The second-order valence-electron chi connectivity index (χ2n) is 7.36. The molecule has 0 unspecified atom stereocenters. The predicted molar refractivity (Wildman–Crippen MR) is 121 cm³/mol. The molecule has 11 heteroatoms. The lowest BCUT2D eigenvalue weighted by atomic mass is 10.0. The highest BCUT2D eigenvalue weighted by molar-refractivity contribution is 7.70. The van der Waals surface area contributed by atoms with E-state index in [2.05, 4.69) is 35.5 Å². The maximum atomic E-state index is 11.7. The minimum atomic E-state index is -2.68. The summed E-state index contributed by atoms with van der Waals surface area (Å²) >= 11 is 0. The first kappa shape index (κ1) is 20.1. The van der Waals surface area contributed by atoms with Crippen LogP contribution in [0, 0.1) is 0 Å². The van der Waals surface area contributed by atoms with Gasteiger partial charge < -0.3 is 10.6 Å². The topological polar surface area (TPSA) is 142 Å². The first-order valence-electron chi connectivity index (χ1n) is 9.93. The Hall–Kier alpha value is -3.83. The molecule has 1 aliphatic heterocycles. The van der Waals surface area contributed by atoms with Crippen molar-refractivity contribution < 1.29 is 13.2 Å². The number of aryl methyl sites for hydroxylation is 1. The SMILES string of the molecule is O=C1CCc2ccc(Nc3nc(-c4cccc(CN[SH](=O)=O)c4)nc4cn[nH]c34)cc2N1. The molecule has 10 nitrogen and oxygen atoms in total. The van der Waals surface area contributed by atoms with Crippen LogP contribution in [0.5, 0.6) is 0 Å². The Labute approximate surface area is 184 Å². The lowest BCUT2D eigenvalue weighted by molar-refractivity contribution is -0.116. The van der Waals surface area contributed by atoms with Crippen molar-refractivity contribution >= 4 is 45.0 Å². The third kappa shape index (κ3) is 4.15. The van der Waals surface area contributed by atoms with Crippen LogP contribution in [-0.4, -0.2) is 34.5 Å². The molecule has 0 saturated carbocycles. The van der Waals surface area contributed by atoms with Crippen molar-refractivity contribution in [2.75, 3.05) is 10.6 Å². The zero-order valence-corrected chi connectivity index (χ0v) is 17.6. The number of nitrogens with one attached hydrogen (secondary N) is 4. The molecule has 0 bridgehead atoms. The number of carbonyl (C=O) groups is 1. The van der Waals surface area contributed by atoms with E-state index in [-0.39, 0.29) is 12.5 Å². The Morgan fingerprint density at radius 1 is 1.06 bits per heavy atom. The zero-order valence-electron chi connectivity index (χ0n) is 16.8. The van der Waals surface area contributed by atoms with Crippen molar-refractivity contribution in [2.45, 2.75) is 19.4 Å². The number of carbonyl (C=O) groups excluding carboxylic acids is 1. The second kappa shape index (κ2) is 8.36. The van der Waals surface area contributed by atoms with Crippen molar-refractivity contribution in [3.8, 4) is 11.4 Å². The molecule has 0 radical (unpaired) electrons. The largest absolute Gasteiger partial charge is 0.338 e. The van der Waals surface area contributed by atoms with Gasteiger partial charge in [0.2, 0.25) is 16.8 Å². The summed E-state index contributed by atoms with van der Waals surface area (Å²) in [6.07, 6.45) is 2.83. The number of amides is 1. The molecule has 1 amide bonds. The lowest BCUT2D eigenvalue weighted by Crippen LogP contribution is -2.18. The standard InChI is InChI=1S/C21H19N7O3S/c29-18-7-5-13-4-6-15(9-16(13)25-18)24-21-19-17(11-22-28-19)26-20(27-21)14-3-1-2-12(8-14)10-23-32(30)31/h1-4,6,8-9,11,32H,5,7,10H2,(H,22,28)(H,25,29)(H,23,30,31)(H,24,26,27). The van der Waals surface area contributed by atoms with Gasteiger partial charge in [0, 0.05) is 29.9 Å². The number of H-pyrrole nitrogens is 1. The first-order valence-corrected chi connectivity index (χ1v) is 11.1. The molecule has 4 N–H and O–H groups in total. The van der Waals surface area contributed by atoms with E-state index in [0.29, 0.717) is 29.1 Å². The van der Waals surface area contributed by atoms with E-state index < -0.39 is 10.9 Å². The van der Waals surface area contributed by atoms with E-state index in [4.69, 9.17) is 0 Å². The third-order valence-electron chi connectivity index (χ3n) is 5.17. The van der Waals surface area contributed by atoms with Gasteiger partial charge in [-0.2, -0.15) is 5.10 Å². The van der Waals surface area contributed by atoms with E-state index in [0.717, 1.165) is 34.5 Å². The number of thiol groups is 1. The molecular weight excluding hydrogens is 430 g/mol. The quantitative estimate of drug-likeness (QED) is 0.284. The average molecular weight is 449 g/mol. The monoisotopic (exact) mass is 449 g/mol. The number of rotatable bonds is 6. The molecule has 0 aliphatic carbocycles. The summed E-state index contributed by atoms with van der Waals surface area (Å²) in [4.78, 5) is 21.0. The Morgan fingerprint density at radius 2 is 1.97 bits per heavy atom. The van der Waals surface area contributed by atoms with Crippen LogP contribution in [0.25, 0.3) is 22.4 Å². The first-order chi connectivity index (χ1) is 15.5. The van der Waals surface area contributed by atoms with Crippen molar-refractivity contribution in [3.63, 3.8) is 0 Å². The highest BCUT2D eigenvalue weighted by Crippen LogP contribution is 2.30. The lowest BCUT2D eigenvalue weighted by Gasteiger charge is -2.18. The zero-order chi connectivity index (χ0) is 22.1. The molecule has 0 atom stereocenters. The molecule has 2 aromatic carbocycles. The number of aromatic amines is 1. The Balaban J connectivity index is 1.50. The fourth-order valence-electron chi connectivity index (χ4n) is 3.62. The molecule has 0 spiro atoms. The van der Waals surface area contributed by atoms with Crippen molar-refractivity contribution in [3.05, 3.63) is 59.8 Å². The summed E-state index contributed by atoms with van der Waals surface area (Å²) in [6, 6.07) is 13.2. The number of hydrogen-bond donors (Lipinski definition) is 5. The minimum absolute atomic E-state index is 0.00539. The van der Waals surface area contributed by atoms with E-state index in [9.17, 15) is 13.2 Å². The summed E-state index contributed by atoms with van der Waals surface area (Å²) in [7, 11) is -2.68. The number of aromatic nitrogens is 4. The van der Waals surface area contributed by atoms with Gasteiger partial charge in [-0.15, -0.1) is 0 Å². The van der Waals surface area contributed by atoms with E-state index in [1.165, 1.54) is 0 Å². The highest BCUT2D eigenvalue weighted by Gasteiger charge is 2.16. The molecule has 4 aromatic rings. The molecular formula is C21H19N7O3S. The van der Waals surface area contributed by atoms with Crippen molar-refractivity contribution in [2.24, 2.45) is 0 Å². The van der Waals surface area contributed by atoms with Crippen LogP contribution >= 0.6 is 0 Å². The minimum Gasteiger partial charge on any atom is -0.338 e. The fourth-order valence-corrected chi connectivity index (χ4v) is 3.93. The van der Waals surface area contributed by atoms with Crippen molar-refractivity contribution in [1.29, 1.82) is 0 Å². The highest BCUT2D eigenvalue weighted by atomic mass is 32.2. The second-order valence-corrected chi connectivity index (χ2v) is 8.19. The maximum Gasteiger partial charge on any atom is 0.224 e. The van der Waals surface area contributed by atoms with Gasteiger partial charge in [-0.05, 0) is 35.7 Å². The van der Waals surface area contributed by atoms with Crippen molar-refractivity contribution in [1.82, 2.24) is 24.9 Å². The van der Waals surface area contributed by atoms with Crippen LogP contribution in [0.15, 0.2) is 48.7 Å². The van der Waals surface area contributed by atoms with Crippen LogP contribution in [-0.2, 0) is 28.7 Å². The number of hydrogen-bond acceptors (Lipinski definition) is 7. The van der Waals surface area contributed by atoms with Gasteiger partial charge in [-0.25, -0.2) is 23.1 Å². The summed E-state index contributed by atoms with van der Waals surface area (Å²) < 4.78 is 24.1. The van der Waals surface area contributed by atoms with Gasteiger partial charge in [0.1, 0.15) is 11.0 Å². The van der Waals surface area contributed by atoms with Crippen LogP contribution < -0.4 is 15.4 Å². The summed E-state index contributed by atoms with van der Waals surface area (Å²) in [5.74, 6) is 1.02. The molecule has 0 saturated heterocycles. The fraction of sp³-hybridized carbons (Fsp3) is 0.143. The van der Waals surface area contributed by atoms with Gasteiger partial charge in [0.05, 0.1) is 6.20 Å². The van der Waals surface area contributed by atoms with Gasteiger partial charge in [0.15, 0.2) is 11.6 Å². The Morgan fingerprint density at radius 3 is 2.84 bits per heavy atom. The number of benzene rings is 2. The molecule has 1 aliphatic rings. The summed E-state index contributed by atoms with van der Waals surface area (Å²) in [5, 5.41) is 13.2. The summed E-state index contributed by atoms with van der Waals surface area (Å²) in [5.41, 5.74) is 5.47. The van der Waals surface area contributed by atoms with Gasteiger partial charge in [-0.1, -0.05) is 24.3 Å². The third-order valence-corrected chi connectivity index (χ3v) is 5.58. The Bertz CT molecular complexity index is 1410. The van der Waals surface area contributed by atoms with Crippen LogP contribution in [0.1, 0.15) is 17.5 Å². The maximum absolute atomic E-state index is 11.7. The van der Waals surface area contributed by atoms with Gasteiger partial charge in [0.25, 0.3) is 0 Å². The van der Waals surface area contributed by atoms with Crippen LogP contribution in [0.3, 0.4) is 0 Å². The Kier molecular flexibility index (Phi) is 5.25. The smallest absolute Gasteiger partial charge is 0.224 e. The molecule has 162 valence electrons. The molecule has 32 heavy (non-hydrogen) atoms. The van der Waals surface area contributed by atoms with Crippen LogP contribution in [0.4, 0.5) is 17.2 Å². The number of anilines is 3. The van der Waals surface area contributed by atoms with E-state index in [1.807, 2.05) is 42.5 Å². The van der Waals surface area contributed by atoms with E-state index >= 15 is 0 Å². The normalized spacial score (nSPS) is 13.2. The molecule has 2 aromatic heterocycles. The molecule has 0 fully saturated rings. The van der Waals surface area contributed by atoms with Gasteiger partial charge in [-0.3, -0.25) is 9.89 Å². The average Bonchev–Trinajstić information content (AvgIpc) is 3.27. The van der Waals surface area contributed by atoms with E-state index in [1.54, 1.807) is 6.20 Å². The van der Waals surface area contributed by atoms with Gasteiger partial charge >= 0.3 is 0 Å². The molecule has 5 rings (SSSR count).